The molecule has 1 N–H and O–H groups in total. The van der Waals surface area contributed by atoms with Crippen LogP contribution in [0.5, 0.6) is 0 Å². The van der Waals surface area contributed by atoms with E-state index in [0.717, 1.165) is 36.9 Å². The monoisotopic (exact) mass is 529 g/mol. The van der Waals surface area contributed by atoms with E-state index in [4.69, 9.17) is 37.6 Å². The van der Waals surface area contributed by atoms with Crippen molar-refractivity contribution in [3.8, 4) is 11.4 Å². The van der Waals surface area contributed by atoms with Crippen molar-refractivity contribution in [2.24, 2.45) is 0 Å². The second-order valence-corrected chi connectivity index (χ2v) is 10.7. The van der Waals surface area contributed by atoms with Gasteiger partial charge in [0, 0.05) is 31.6 Å². The molecule has 1 aliphatic carbocycles. The van der Waals surface area contributed by atoms with E-state index < -0.39 is 6.16 Å². The molecule has 36 heavy (non-hydrogen) atoms. The molecule has 1 saturated carbocycles. The normalized spacial score (nSPS) is 18.1. The van der Waals surface area contributed by atoms with E-state index in [1.54, 1.807) is 0 Å². The molecule has 2 aromatic carbocycles. The smallest absolute Gasteiger partial charge is 0.450 e. The highest BCUT2D eigenvalue weighted by atomic mass is 35.5. The molecule has 2 aliphatic rings. The van der Waals surface area contributed by atoms with Gasteiger partial charge in [0.25, 0.3) is 0 Å². The van der Waals surface area contributed by atoms with E-state index in [1.165, 1.54) is 24.8 Å². The van der Waals surface area contributed by atoms with Gasteiger partial charge >= 0.3 is 6.16 Å². The molecule has 0 unspecified atom stereocenters. The molecule has 190 valence electrons. The third kappa shape index (κ3) is 5.69. The maximum absolute atomic E-state index is 10.6. The number of nitrogens with zero attached hydrogens (tertiary/aromatic N) is 3. The van der Waals surface area contributed by atoms with Crippen LogP contribution < -0.4 is 0 Å². The highest BCUT2D eigenvalue weighted by Gasteiger charge is 2.34. The van der Waals surface area contributed by atoms with Crippen molar-refractivity contribution in [1.82, 2.24) is 15.0 Å². The van der Waals surface area contributed by atoms with Crippen LogP contribution >= 0.6 is 23.2 Å². The van der Waals surface area contributed by atoms with Crippen LogP contribution in [0.15, 0.2) is 47.0 Å². The van der Waals surface area contributed by atoms with E-state index in [0.29, 0.717) is 41.3 Å². The number of benzene rings is 2. The van der Waals surface area contributed by atoms with E-state index in [1.807, 2.05) is 36.4 Å². The molecular formula is C27H29Cl2N3O4. The Kier molecular flexibility index (Phi) is 7.51. The summed E-state index contributed by atoms with van der Waals surface area (Å²) >= 11 is 12.5. The van der Waals surface area contributed by atoms with Crippen LogP contribution in [0.1, 0.15) is 55.5 Å². The van der Waals surface area contributed by atoms with Crippen LogP contribution in [0, 0.1) is 0 Å². The fourth-order valence-electron chi connectivity index (χ4n) is 5.44. The third-order valence-corrected chi connectivity index (χ3v) is 8.18. The van der Waals surface area contributed by atoms with E-state index >= 15 is 0 Å². The Morgan fingerprint density at radius 2 is 1.83 bits per heavy atom. The standard InChI is InChI=1S/C27H29Cl2N3O4/c28-22-9-8-20(14-23(22)29)27(11-2-1-3-12-27)13-10-24-30-25(31-36-24)19-6-4-18(5-7-19)15-32-16-21(17-32)35-26(33)34/h4-9,14,21H,1-3,10-13,15-17H2,(H,33,34). The van der Waals surface area contributed by atoms with Gasteiger partial charge in [0.1, 0.15) is 6.10 Å². The van der Waals surface area contributed by atoms with Gasteiger partial charge < -0.3 is 14.4 Å². The van der Waals surface area contributed by atoms with Crippen LogP contribution in [0.2, 0.25) is 10.0 Å². The van der Waals surface area contributed by atoms with Gasteiger partial charge in [0.2, 0.25) is 11.7 Å². The quantitative estimate of drug-likeness (QED) is 0.322. The molecule has 2 fully saturated rings. The van der Waals surface area contributed by atoms with Crippen LogP contribution in [-0.2, 0) is 23.1 Å². The summed E-state index contributed by atoms with van der Waals surface area (Å²) in [4.78, 5) is 17.4. The summed E-state index contributed by atoms with van der Waals surface area (Å²) in [5.41, 5.74) is 3.34. The Hall–Kier alpha value is -2.61. The van der Waals surface area contributed by atoms with Gasteiger partial charge in [-0.25, -0.2) is 4.79 Å². The highest BCUT2D eigenvalue weighted by Crippen LogP contribution is 2.44. The lowest BCUT2D eigenvalue weighted by atomic mass is 9.67. The lowest BCUT2D eigenvalue weighted by molar-refractivity contribution is -0.0363. The summed E-state index contributed by atoms with van der Waals surface area (Å²) in [5, 5.41) is 14.1. The first-order valence-corrected chi connectivity index (χ1v) is 13.2. The van der Waals surface area contributed by atoms with Gasteiger partial charge in [0.15, 0.2) is 0 Å². The highest BCUT2D eigenvalue weighted by molar-refractivity contribution is 6.42. The summed E-state index contributed by atoms with van der Waals surface area (Å²) in [7, 11) is 0. The number of aromatic nitrogens is 2. The summed E-state index contributed by atoms with van der Waals surface area (Å²) in [6, 6.07) is 14.1. The molecule has 1 aromatic heterocycles. The lowest BCUT2D eigenvalue weighted by Crippen LogP contribution is -2.52. The number of hydrogen-bond acceptors (Lipinski definition) is 6. The van der Waals surface area contributed by atoms with Crippen LogP contribution in [0.25, 0.3) is 11.4 Å². The van der Waals surface area contributed by atoms with Gasteiger partial charge in [-0.3, -0.25) is 4.90 Å². The molecule has 0 amide bonds. The molecular weight excluding hydrogens is 501 g/mol. The minimum absolute atomic E-state index is 0.0497. The maximum Gasteiger partial charge on any atom is 0.506 e. The average molecular weight is 530 g/mol. The number of hydrogen-bond donors (Lipinski definition) is 1. The molecule has 0 radical (unpaired) electrons. The first-order valence-electron chi connectivity index (χ1n) is 12.4. The van der Waals surface area contributed by atoms with Crippen molar-refractivity contribution in [3.63, 3.8) is 0 Å². The van der Waals surface area contributed by atoms with Crippen molar-refractivity contribution < 1.29 is 19.2 Å². The summed E-state index contributed by atoms with van der Waals surface area (Å²) in [6.07, 6.45) is 6.09. The van der Waals surface area contributed by atoms with E-state index in [9.17, 15) is 4.79 Å². The topological polar surface area (TPSA) is 88.7 Å². The number of ether oxygens (including phenoxy) is 1. The summed E-state index contributed by atoms with van der Waals surface area (Å²) in [6.45, 7) is 1.98. The molecule has 7 nitrogen and oxygen atoms in total. The number of halogens is 2. The number of carbonyl (C=O) groups is 1. The average Bonchev–Trinajstić information content (AvgIpc) is 3.33. The zero-order valence-corrected chi connectivity index (χ0v) is 21.5. The molecule has 0 atom stereocenters. The Bertz CT molecular complexity index is 1200. The first-order chi connectivity index (χ1) is 17.4. The zero-order valence-electron chi connectivity index (χ0n) is 20.0. The molecule has 9 heteroatoms. The van der Waals surface area contributed by atoms with Gasteiger partial charge in [-0.05, 0) is 47.9 Å². The van der Waals surface area contributed by atoms with Crippen molar-refractivity contribution in [3.05, 3.63) is 69.5 Å². The molecule has 5 rings (SSSR count). The molecule has 1 saturated heterocycles. The number of likely N-dealkylation sites (tertiary alicyclic amines) is 1. The van der Waals surface area contributed by atoms with Crippen LogP contribution in [-0.4, -0.2) is 45.5 Å². The largest absolute Gasteiger partial charge is 0.506 e. The Balaban J connectivity index is 1.20. The van der Waals surface area contributed by atoms with Gasteiger partial charge in [-0.2, -0.15) is 4.98 Å². The molecule has 3 aromatic rings. The third-order valence-electron chi connectivity index (χ3n) is 7.44. The fraction of sp³-hybridized carbons (Fsp3) is 0.444. The van der Waals surface area contributed by atoms with Gasteiger partial charge in [0.05, 0.1) is 10.0 Å². The maximum atomic E-state index is 10.6. The van der Waals surface area contributed by atoms with Crippen molar-refractivity contribution in [1.29, 1.82) is 0 Å². The Labute approximate surface area is 220 Å². The molecule has 2 heterocycles. The van der Waals surface area contributed by atoms with E-state index in [-0.39, 0.29) is 11.5 Å². The summed E-state index contributed by atoms with van der Waals surface area (Å²) in [5.74, 6) is 1.23. The van der Waals surface area contributed by atoms with Crippen LogP contribution in [0.4, 0.5) is 4.79 Å². The van der Waals surface area contributed by atoms with Crippen molar-refractivity contribution in [2.45, 2.75) is 63.0 Å². The molecule has 1 aliphatic heterocycles. The Morgan fingerprint density at radius 1 is 1.08 bits per heavy atom. The first kappa shape index (κ1) is 25.1. The predicted octanol–water partition coefficient (Wildman–Crippen LogP) is 6.76. The number of rotatable bonds is 8. The Morgan fingerprint density at radius 3 is 2.53 bits per heavy atom. The van der Waals surface area contributed by atoms with Gasteiger partial charge in [-0.15, -0.1) is 0 Å². The summed E-state index contributed by atoms with van der Waals surface area (Å²) < 4.78 is 10.4. The van der Waals surface area contributed by atoms with Crippen molar-refractivity contribution in [2.75, 3.05) is 13.1 Å². The SMILES string of the molecule is O=C(O)OC1CN(Cc2ccc(-c3noc(CCC4(c5ccc(Cl)c(Cl)c5)CCCCC4)n3)cc2)C1. The van der Waals surface area contributed by atoms with Crippen molar-refractivity contribution >= 4 is 29.4 Å². The van der Waals surface area contributed by atoms with Gasteiger partial charge in [-0.1, -0.05) is 78.0 Å². The minimum atomic E-state index is -1.22. The lowest BCUT2D eigenvalue weighted by Gasteiger charge is -2.38. The number of aryl methyl sites for hydroxylation is 1. The fourth-order valence-corrected chi connectivity index (χ4v) is 5.74. The molecule has 0 bridgehead atoms. The second kappa shape index (κ2) is 10.8. The predicted molar refractivity (Wildman–Crippen MR) is 137 cm³/mol. The number of carboxylic acid groups (broad SMARTS) is 1. The van der Waals surface area contributed by atoms with Crippen LogP contribution in [0.3, 0.4) is 0 Å². The molecule has 0 spiro atoms. The zero-order chi connectivity index (χ0) is 25.1. The van der Waals surface area contributed by atoms with E-state index in [2.05, 4.69) is 21.1 Å². The second-order valence-electron chi connectivity index (χ2n) is 9.88. The minimum Gasteiger partial charge on any atom is -0.450 e.